The van der Waals surface area contributed by atoms with Gasteiger partial charge in [-0.1, -0.05) is 19.1 Å². The zero-order chi connectivity index (χ0) is 13.2. The smallest absolute Gasteiger partial charge is 0.123 e. The van der Waals surface area contributed by atoms with Crippen LogP contribution in [0.3, 0.4) is 0 Å². The molecule has 0 saturated heterocycles. The first-order valence-corrected chi connectivity index (χ1v) is 6.76. The van der Waals surface area contributed by atoms with E-state index in [4.69, 9.17) is 4.42 Å². The van der Waals surface area contributed by atoms with Crippen LogP contribution in [0.15, 0.2) is 40.8 Å². The van der Waals surface area contributed by atoms with Gasteiger partial charge in [0, 0.05) is 12.5 Å². The fourth-order valence-corrected chi connectivity index (χ4v) is 2.38. The standard InChI is InChI=1S/C16H18FNO/c1-11-7-15(11)16-6-5-14(19-16)10-18-9-12-3-2-4-13(17)8-12/h2-6,8,11,15,18H,7,9-10H2,1H3. The summed E-state index contributed by atoms with van der Waals surface area (Å²) in [6.07, 6.45) is 1.24. The third kappa shape index (κ3) is 3.04. The number of hydrogen-bond donors (Lipinski definition) is 1. The summed E-state index contributed by atoms with van der Waals surface area (Å²) in [5.74, 6) is 3.25. The van der Waals surface area contributed by atoms with Crippen molar-refractivity contribution < 1.29 is 8.81 Å². The van der Waals surface area contributed by atoms with Crippen molar-refractivity contribution in [3.8, 4) is 0 Å². The molecular weight excluding hydrogens is 241 g/mol. The molecule has 19 heavy (non-hydrogen) atoms. The van der Waals surface area contributed by atoms with Crippen molar-refractivity contribution in [2.45, 2.75) is 32.4 Å². The van der Waals surface area contributed by atoms with Crippen molar-refractivity contribution in [2.75, 3.05) is 0 Å². The van der Waals surface area contributed by atoms with Crippen LogP contribution >= 0.6 is 0 Å². The molecule has 2 nitrogen and oxygen atoms in total. The first kappa shape index (κ1) is 12.4. The highest BCUT2D eigenvalue weighted by Gasteiger charge is 2.36. The van der Waals surface area contributed by atoms with E-state index in [1.807, 2.05) is 12.1 Å². The van der Waals surface area contributed by atoms with E-state index in [-0.39, 0.29) is 5.82 Å². The number of benzene rings is 1. The lowest BCUT2D eigenvalue weighted by Gasteiger charge is -2.03. The predicted octanol–water partition coefficient (Wildman–Crippen LogP) is 3.83. The Labute approximate surface area is 112 Å². The Morgan fingerprint density at radius 1 is 1.26 bits per heavy atom. The van der Waals surface area contributed by atoms with E-state index < -0.39 is 0 Å². The van der Waals surface area contributed by atoms with Crippen molar-refractivity contribution in [3.05, 3.63) is 59.3 Å². The van der Waals surface area contributed by atoms with Crippen LogP contribution in [0.2, 0.25) is 0 Å². The molecule has 1 saturated carbocycles. The first-order chi connectivity index (χ1) is 9.22. The Kier molecular flexibility index (Phi) is 3.38. The van der Waals surface area contributed by atoms with Gasteiger partial charge in [-0.05, 0) is 42.2 Å². The minimum absolute atomic E-state index is 0.192. The minimum atomic E-state index is -0.192. The van der Waals surface area contributed by atoms with Gasteiger partial charge in [-0.3, -0.25) is 0 Å². The van der Waals surface area contributed by atoms with Gasteiger partial charge >= 0.3 is 0 Å². The van der Waals surface area contributed by atoms with Gasteiger partial charge in [-0.15, -0.1) is 0 Å². The summed E-state index contributed by atoms with van der Waals surface area (Å²) in [4.78, 5) is 0. The van der Waals surface area contributed by atoms with Gasteiger partial charge in [0.05, 0.1) is 6.54 Å². The molecule has 1 fully saturated rings. The summed E-state index contributed by atoms with van der Waals surface area (Å²) < 4.78 is 18.8. The molecule has 1 aliphatic carbocycles. The lowest BCUT2D eigenvalue weighted by atomic mass is 10.2. The molecule has 0 radical (unpaired) electrons. The van der Waals surface area contributed by atoms with Gasteiger partial charge in [-0.2, -0.15) is 0 Å². The summed E-state index contributed by atoms with van der Waals surface area (Å²) in [5, 5.41) is 3.27. The van der Waals surface area contributed by atoms with E-state index in [2.05, 4.69) is 18.3 Å². The number of nitrogens with one attached hydrogen (secondary N) is 1. The van der Waals surface area contributed by atoms with Crippen molar-refractivity contribution in [1.29, 1.82) is 0 Å². The monoisotopic (exact) mass is 259 g/mol. The second-order valence-electron chi connectivity index (χ2n) is 5.36. The number of rotatable bonds is 5. The fraction of sp³-hybridized carbons (Fsp3) is 0.375. The molecule has 100 valence electrons. The fourth-order valence-electron chi connectivity index (χ4n) is 2.38. The highest BCUT2D eigenvalue weighted by Crippen LogP contribution is 2.47. The molecular formula is C16H18FNO. The van der Waals surface area contributed by atoms with Gasteiger partial charge < -0.3 is 9.73 Å². The molecule has 0 spiro atoms. The molecule has 1 aliphatic rings. The third-order valence-corrected chi connectivity index (χ3v) is 3.67. The predicted molar refractivity (Wildman–Crippen MR) is 72.2 cm³/mol. The SMILES string of the molecule is CC1CC1c1ccc(CNCc2cccc(F)c2)o1. The summed E-state index contributed by atoms with van der Waals surface area (Å²) in [6.45, 7) is 3.57. The Hall–Kier alpha value is -1.61. The van der Waals surface area contributed by atoms with Gasteiger partial charge in [0.2, 0.25) is 0 Å². The Morgan fingerprint density at radius 2 is 2.11 bits per heavy atom. The Morgan fingerprint density at radius 3 is 2.84 bits per heavy atom. The van der Waals surface area contributed by atoms with Crippen LogP contribution < -0.4 is 5.32 Å². The van der Waals surface area contributed by atoms with E-state index in [0.29, 0.717) is 19.0 Å². The zero-order valence-corrected chi connectivity index (χ0v) is 11.0. The van der Waals surface area contributed by atoms with E-state index in [9.17, 15) is 4.39 Å². The quantitative estimate of drug-likeness (QED) is 0.882. The van der Waals surface area contributed by atoms with E-state index in [0.717, 1.165) is 23.0 Å². The van der Waals surface area contributed by atoms with Crippen molar-refractivity contribution in [3.63, 3.8) is 0 Å². The summed E-state index contributed by atoms with van der Waals surface area (Å²) in [7, 11) is 0. The molecule has 2 unspecified atom stereocenters. The van der Waals surface area contributed by atoms with E-state index in [1.165, 1.54) is 12.5 Å². The van der Waals surface area contributed by atoms with Crippen molar-refractivity contribution >= 4 is 0 Å². The molecule has 0 amide bonds. The molecule has 1 aromatic heterocycles. The minimum Gasteiger partial charge on any atom is -0.464 e. The zero-order valence-electron chi connectivity index (χ0n) is 11.0. The van der Waals surface area contributed by atoms with E-state index >= 15 is 0 Å². The summed E-state index contributed by atoms with van der Waals surface area (Å²) in [5.41, 5.74) is 0.947. The molecule has 2 aromatic rings. The number of halogens is 1. The van der Waals surface area contributed by atoms with Crippen LogP contribution in [0.5, 0.6) is 0 Å². The summed E-state index contributed by atoms with van der Waals surface area (Å²) >= 11 is 0. The highest BCUT2D eigenvalue weighted by molar-refractivity contribution is 5.18. The van der Waals surface area contributed by atoms with Gasteiger partial charge in [-0.25, -0.2) is 4.39 Å². The maximum atomic E-state index is 13.0. The van der Waals surface area contributed by atoms with Gasteiger partial charge in [0.25, 0.3) is 0 Å². The molecule has 1 N–H and O–H groups in total. The molecule has 0 bridgehead atoms. The van der Waals surface area contributed by atoms with Gasteiger partial charge in [0.15, 0.2) is 0 Å². The van der Waals surface area contributed by atoms with Crippen LogP contribution in [-0.2, 0) is 13.1 Å². The molecule has 3 heteroatoms. The van der Waals surface area contributed by atoms with Crippen LogP contribution in [0, 0.1) is 11.7 Å². The van der Waals surface area contributed by atoms with E-state index in [1.54, 1.807) is 12.1 Å². The molecule has 0 aliphatic heterocycles. The lowest BCUT2D eigenvalue weighted by Crippen LogP contribution is -2.12. The molecule has 1 aromatic carbocycles. The lowest BCUT2D eigenvalue weighted by molar-refractivity contribution is 0.444. The molecule has 1 heterocycles. The topological polar surface area (TPSA) is 25.2 Å². The first-order valence-electron chi connectivity index (χ1n) is 6.76. The second-order valence-corrected chi connectivity index (χ2v) is 5.36. The average molecular weight is 259 g/mol. The third-order valence-electron chi connectivity index (χ3n) is 3.67. The number of hydrogen-bond acceptors (Lipinski definition) is 2. The molecule has 2 atom stereocenters. The Bertz CT molecular complexity index is 563. The van der Waals surface area contributed by atoms with Gasteiger partial charge in [0.1, 0.15) is 17.3 Å². The molecule has 3 rings (SSSR count). The van der Waals surface area contributed by atoms with Crippen molar-refractivity contribution in [1.82, 2.24) is 5.32 Å². The Balaban J connectivity index is 1.51. The highest BCUT2D eigenvalue weighted by atomic mass is 19.1. The normalized spacial score (nSPS) is 21.6. The number of furan rings is 1. The van der Waals surface area contributed by atoms with Crippen LogP contribution in [0.4, 0.5) is 4.39 Å². The second kappa shape index (κ2) is 5.17. The van der Waals surface area contributed by atoms with Crippen molar-refractivity contribution in [2.24, 2.45) is 5.92 Å². The average Bonchev–Trinajstić information content (AvgIpc) is 2.93. The largest absolute Gasteiger partial charge is 0.464 e. The summed E-state index contributed by atoms with van der Waals surface area (Å²) in [6, 6.07) is 10.7. The maximum absolute atomic E-state index is 13.0. The maximum Gasteiger partial charge on any atom is 0.123 e. The van der Waals surface area contributed by atoms with Crippen LogP contribution in [0.1, 0.15) is 36.3 Å². The van der Waals surface area contributed by atoms with Crippen LogP contribution in [0.25, 0.3) is 0 Å². The van der Waals surface area contributed by atoms with Crippen LogP contribution in [-0.4, -0.2) is 0 Å².